The standard InChI is InChI=1S/C23H20N4O3/c1-14(22-26-19-4-2-3-5-20(19)27-22)25-23(29)16-8-12-18(13-9-16)30-17-10-6-15(7-11-17)21(24)28/h2-14H,1H3,(H2,24,28)(H,25,29)(H,26,27)/t14-/m0/s1. The molecule has 1 atom stereocenters. The zero-order valence-electron chi connectivity index (χ0n) is 16.3. The van der Waals surface area contributed by atoms with Gasteiger partial charge in [0.25, 0.3) is 5.91 Å². The maximum absolute atomic E-state index is 12.6. The Hall–Kier alpha value is -4.13. The van der Waals surface area contributed by atoms with E-state index >= 15 is 0 Å². The van der Waals surface area contributed by atoms with Gasteiger partial charge in [0.2, 0.25) is 5.91 Å². The number of amides is 2. The summed E-state index contributed by atoms with van der Waals surface area (Å²) in [5, 5.41) is 2.94. The molecule has 0 unspecified atom stereocenters. The topological polar surface area (TPSA) is 110 Å². The molecule has 1 aromatic heterocycles. The second kappa shape index (κ2) is 8.08. The number of carbonyl (C=O) groups is 2. The van der Waals surface area contributed by atoms with Crippen LogP contribution in [0.15, 0.2) is 72.8 Å². The third kappa shape index (κ3) is 4.15. The molecule has 4 aromatic rings. The van der Waals surface area contributed by atoms with Gasteiger partial charge in [0, 0.05) is 11.1 Å². The Balaban J connectivity index is 1.40. The minimum Gasteiger partial charge on any atom is -0.457 e. The zero-order valence-corrected chi connectivity index (χ0v) is 16.3. The summed E-state index contributed by atoms with van der Waals surface area (Å²) in [6.07, 6.45) is 0. The number of ether oxygens (including phenoxy) is 1. The number of fused-ring (bicyclic) bond motifs is 1. The van der Waals surface area contributed by atoms with Gasteiger partial charge in [-0.3, -0.25) is 9.59 Å². The third-order valence-corrected chi connectivity index (χ3v) is 4.66. The quantitative estimate of drug-likeness (QED) is 0.455. The molecule has 0 saturated carbocycles. The predicted octanol–water partition coefficient (Wildman–Crippen LogP) is 3.95. The van der Waals surface area contributed by atoms with E-state index < -0.39 is 5.91 Å². The first-order chi connectivity index (χ1) is 14.5. The number of rotatable bonds is 6. The Morgan fingerprint density at radius 2 is 1.53 bits per heavy atom. The maximum Gasteiger partial charge on any atom is 0.251 e. The number of nitrogens with one attached hydrogen (secondary N) is 2. The summed E-state index contributed by atoms with van der Waals surface area (Å²) in [6, 6.07) is 20.8. The normalized spacial score (nSPS) is 11.8. The van der Waals surface area contributed by atoms with Crippen LogP contribution in [-0.4, -0.2) is 21.8 Å². The zero-order chi connectivity index (χ0) is 21.1. The molecule has 0 aliphatic heterocycles. The predicted molar refractivity (Wildman–Crippen MR) is 113 cm³/mol. The molecule has 3 aromatic carbocycles. The highest BCUT2D eigenvalue weighted by Crippen LogP contribution is 2.22. The van der Waals surface area contributed by atoms with Crippen molar-refractivity contribution >= 4 is 22.8 Å². The van der Waals surface area contributed by atoms with E-state index in [4.69, 9.17) is 10.5 Å². The van der Waals surface area contributed by atoms with E-state index in [0.717, 1.165) is 11.0 Å². The van der Waals surface area contributed by atoms with Crippen molar-refractivity contribution in [2.75, 3.05) is 0 Å². The van der Waals surface area contributed by atoms with Gasteiger partial charge in [0.1, 0.15) is 17.3 Å². The highest BCUT2D eigenvalue weighted by atomic mass is 16.5. The third-order valence-electron chi connectivity index (χ3n) is 4.66. The lowest BCUT2D eigenvalue weighted by Crippen LogP contribution is -2.27. The van der Waals surface area contributed by atoms with Crippen LogP contribution in [0.4, 0.5) is 0 Å². The molecule has 0 aliphatic carbocycles. The second-order valence-electron chi connectivity index (χ2n) is 6.85. The Morgan fingerprint density at radius 1 is 0.933 bits per heavy atom. The highest BCUT2D eigenvalue weighted by molar-refractivity contribution is 5.94. The largest absolute Gasteiger partial charge is 0.457 e. The number of benzene rings is 3. The van der Waals surface area contributed by atoms with E-state index in [0.29, 0.717) is 28.5 Å². The Morgan fingerprint density at radius 3 is 2.13 bits per heavy atom. The van der Waals surface area contributed by atoms with E-state index in [9.17, 15) is 9.59 Å². The van der Waals surface area contributed by atoms with Crippen LogP contribution in [0.1, 0.15) is 39.5 Å². The summed E-state index contributed by atoms with van der Waals surface area (Å²) < 4.78 is 5.73. The molecule has 30 heavy (non-hydrogen) atoms. The first-order valence-corrected chi connectivity index (χ1v) is 9.43. The van der Waals surface area contributed by atoms with Crippen molar-refractivity contribution in [2.24, 2.45) is 5.73 Å². The Labute approximate surface area is 172 Å². The molecule has 4 N–H and O–H groups in total. The molecule has 2 amide bonds. The number of hydrogen-bond acceptors (Lipinski definition) is 4. The number of imidazole rings is 1. The summed E-state index contributed by atoms with van der Waals surface area (Å²) in [5.74, 6) is 1.14. The van der Waals surface area contributed by atoms with Crippen molar-refractivity contribution in [2.45, 2.75) is 13.0 Å². The summed E-state index contributed by atoms with van der Waals surface area (Å²) in [6.45, 7) is 1.88. The molecular weight excluding hydrogens is 380 g/mol. The van der Waals surface area contributed by atoms with Crippen LogP contribution in [0.2, 0.25) is 0 Å². The fourth-order valence-corrected chi connectivity index (χ4v) is 3.02. The van der Waals surface area contributed by atoms with Gasteiger partial charge in [-0.1, -0.05) is 12.1 Å². The van der Waals surface area contributed by atoms with Crippen molar-refractivity contribution in [3.8, 4) is 11.5 Å². The summed E-state index contributed by atoms with van der Waals surface area (Å²) >= 11 is 0. The first-order valence-electron chi connectivity index (χ1n) is 9.43. The van der Waals surface area contributed by atoms with Gasteiger partial charge in [0.15, 0.2) is 0 Å². The Kier molecular flexibility index (Phi) is 5.17. The number of aromatic nitrogens is 2. The number of nitrogens with zero attached hydrogens (tertiary/aromatic N) is 1. The fraction of sp³-hybridized carbons (Fsp3) is 0.0870. The summed E-state index contributed by atoms with van der Waals surface area (Å²) in [4.78, 5) is 31.4. The number of aromatic amines is 1. The lowest BCUT2D eigenvalue weighted by atomic mass is 10.2. The molecule has 0 saturated heterocycles. The van der Waals surface area contributed by atoms with Gasteiger partial charge in [-0.2, -0.15) is 0 Å². The first kappa shape index (κ1) is 19.2. The van der Waals surface area contributed by atoms with Gasteiger partial charge in [-0.25, -0.2) is 4.98 Å². The average Bonchev–Trinajstić information content (AvgIpc) is 3.19. The smallest absolute Gasteiger partial charge is 0.251 e. The van der Waals surface area contributed by atoms with E-state index in [1.807, 2.05) is 31.2 Å². The molecule has 0 spiro atoms. The minimum atomic E-state index is -0.492. The lowest BCUT2D eigenvalue weighted by Gasteiger charge is -2.12. The lowest BCUT2D eigenvalue weighted by molar-refractivity contribution is 0.0937. The number of para-hydroxylation sites is 2. The highest BCUT2D eigenvalue weighted by Gasteiger charge is 2.15. The van der Waals surface area contributed by atoms with Gasteiger partial charge >= 0.3 is 0 Å². The van der Waals surface area contributed by atoms with Crippen LogP contribution < -0.4 is 15.8 Å². The van der Waals surface area contributed by atoms with Crippen LogP contribution in [-0.2, 0) is 0 Å². The van der Waals surface area contributed by atoms with E-state index in [-0.39, 0.29) is 11.9 Å². The molecule has 7 heteroatoms. The minimum absolute atomic E-state index is 0.208. The van der Waals surface area contributed by atoms with E-state index in [1.165, 1.54) is 0 Å². The molecule has 0 aliphatic rings. The molecule has 7 nitrogen and oxygen atoms in total. The SMILES string of the molecule is C[C@H](NC(=O)c1ccc(Oc2ccc(C(N)=O)cc2)cc1)c1nc2ccccc2[nH]1. The van der Waals surface area contributed by atoms with Crippen LogP contribution in [0.25, 0.3) is 11.0 Å². The molecule has 0 radical (unpaired) electrons. The van der Waals surface area contributed by atoms with Gasteiger partial charge in [0.05, 0.1) is 17.1 Å². The van der Waals surface area contributed by atoms with Crippen LogP contribution in [0, 0.1) is 0 Å². The van der Waals surface area contributed by atoms with E-state index in [2.05, 4.69) is 15.3 Å². The van der Waals surface area contributed by atoms with Gasteiger partial charge < -0.3 is 20.8 Å². The van der Waals surface area contributed by atoms with Crippen molar-refractivity contribution < 1.29 is 14.3 Å². The van der Waals surface area contributed by atoms with Gasteiger partial charge in [-0.15, -0.1) is 0 Å². The van der Waals surface area contributed by atoms with Crippen molar-refractivity contribution in [3.63, 3.8) is 0 Å². The fourth-order valence-electron chi connectivity index (χ4n) is 3.02. The average molecular weight is 400 g/mol. The van der Waals surface area contributed by atoms with Crippen molar-refractivity contribution in [1.82, 2.24) is 15.3 Å². The van der Waals surface area contributed by atoms with Crippen LogP contribution in [0.5, 0.6) is 11.5 Å². The summed E-state index contributed by atoms with van der Waals surface area (Å²) in [7, 11) is 0. The van der Waals surface area contributed by atoms with Crippen LogP contribution >= 0.6 is 0 Å². The molecule has 0 fully saturated rings. The molecule has 150 valence electrons. The summed E-state index contributed by atoms with van der Waals surface area (Å²) in [5.41, 5.74) is 7.94. The maximum atomic E-state index is 12.6. The number of H-pyrrole nitrogens is 1. The number of nitrogens with two attached hydrogens (primary N) is 1. The molecule has 4 rings (SSSR count). The van der Waals surface area contributed by atoms with Gasteiger partial charge in [-0.05, 0) is 67.6 Å². The Bertz CT molecular complexity index is 1160. The molecular formula is C23H20N4O3. The monoisotopic (exact) mass is 400 g/mol. The van der Waals surface area contributed by atoms with Crippen molar-refractivity contribution in [1.29, 1.82) is 0 Å². The number of primary amides is 1. The second-order valence-corrected chi connectivity index (χ2v) is 6.85. The number of carbonyl (C=O) groups excluding carboxylic acids is 2. The van der Waals surface area contributed by atoms with Crippen molar-refractivity contribution in [3.05, 3.63) is 89.7 Å². The van der Waals surface area contributed by atoms with Crippen LogP contribution in [0.3, 0.4) is 0 Å². The van der Waals surface area contributed by atoms with E-state index in [1.54, 1.807) is 48.5 Å². The number of hydrogen-bond donors (Lipinski definition) is 3. The molecule has 0 bridgehead atoms. The molecule has 1 heterocycles.